The van der Waals surface area contributed by atoms with Crippen LogP contribution in [0.1, 0.15) is 54.6 Å². The number of hydrogen-bond acceptors (Lipinski definition) is 6. The van der Waals surface area contributed by atoms with Gasteiger partial charge in [-0.1, -0.05) is 36.4 Å². The maximum atomic E-state index is 15.6. The number of alkyl halides is 2. The fraction of sp³-hybridized carbons (Fsp3) is 0.444. The molecule has 2 aromatic carbocycles. The summed E-state index contributed by atoms with van der Waals surface area (Å²) >= 11 is 0. The fourth-order valence-corrected chi connectivity index (χ4v) is 4.78. The second-order valence-corrected chi connectivity index (χ2v) is 9.40. The van der Waals surface area contributed by atoms with E-state index in [1.807, 2.05) is 18.2 Å². The lowest BCUT2D eigenvalue weighted by molar-refractivity contribution is -0.143. The molecule has 38 heavy (non-hydrogen) atoms. The first-order chi connectivity index (χ1) is 18.2. The lowest BCUT2D eigenvalue weighted by Crippen LogP contribution is -2.38. The number of aromatic amines is 1. The third-order valence-electron chi connectivity index (χ3n) is 6.85. The maximum absolute atomic E-state index is 15.6. The van der Waals surface area contributed by atoms with Crippen LogP contribution in [-0.4, -0.2) is 48.8 Å². The number of carbonyl (C=O) groups is 2. The van der Waals surface area contributed by atoms with Crippen LogP contribution in [0, 0.1) is 11.7 Å². The topological polar surface area (TPSA) is 103 Å². The van der Waals surface area contributed by atoms with Gasteiger partial charge in [0.2, 0.25) is 5.92 Å². The predicted molar refractivity (Wildman–Crippen MR) is 132 cm³/mol. The SMILES string of the molecule is COCC(C(=O)OC)c1ccc2[nH]c(C(NC(=O)OCc3ccccc3)C3CCC(F)(F)CC3)nc2c1F. The van der Waals surface area contributed by atoms with E-state index in [0.717, 1.165) is 5.56 Å². The van der Waals surface area contributed by atoms with Crippen molar-refractivity contribution < 1.29 is 37.0 Å². The average molecular weight is 534 g/mol. The van der Waals surface area contributed by atoms with Crippen LogP contribution in [0.15, 0.2) is 42.5 Å². The van der Waals surface area contributed by atoms with Gasteiger partial charge in [0, 0.05) is 25.5 Å². The highest BCUT2D eigenvalue weighted by molar-refractivity contribution is 5.83. The monoisotopic (exact) mass is 533 g/mol. The van der Waals surface area contributed by atoms with Crippen LogP contribution in [-0.2, 0) is 25.6 Å². The Morgan fingerprint density at radius 3 is 2.50 bits per heavy atom. The highest BCUT2D eigenvalue weighted by Crippen LogP contribution is 2.41. The summed E-state index contributed by atoms with van der Waals surface area (Å²) in [5.41, 5.74) is 1.11. The Labute approximate surface area is 217 Å². The molecule has 2 atom stereocenters. The van der Waals surface area contributed by atoms with Gasteiger partial charge in [-0.25, -0.2) is 22.9 Å². The Morgan fingerprint density at radius 1 is 1.13 bits per heavy atom. The van der Waals surface area contributed by atoms with Crippen molar-refractivity contribution in [3.8, 4) is 0 Å². The normalized spacial score (nSPS) is 17.1. The van der Waals surface area contributed by atoms with Crippen molar-refractivity contribution in [2.24, 2.45) is 5.92 Å². The van der Waals surface area contributed by atoms with Gasteiger partial charge in [-0.15, -0.1) is 0 Å². The number of nitrogens with one attached hydrogen (secondary N) is 2. The lowest BCUT2D eigenvalue weighted by Gasteiger charge is -2.33. The summed E-state index contributed by atoms with van der Waals surface area (Å²) in [7, 11) is 2.59. The number of carbonyl (C=O) groups excluding carboxylic acids is 2. The Balaban J connectivity index is 1.62. The number of H-pyrrole nitrogens is 1. The molecule has 0 bridgehead atoms. The fourth-order valence-electron chi connectivity index (χ4n) is 4.78. The Morgan fingerprint density at radius 2 is 1.84 bits per heavy atom. The van der Waals surface area contributed by atoms with Crippen molar-refractivity contribution in [3.05, 3.63) is 65.2 Å². The van der Waals surface area contributed by atoms with Gasteiger partial charge in [-0.05, 0) is 30.4 Å². The van der Waals surface area contributed by atoms with Crippen LogP contribution in [0.2, 0.25) is 0 Å². The molecule has 2 N–H and O–H groups in total. The van der Waals surface area contributed by atoms with Crippen molar-refractivity contribution >= 4 is 23.1 Å². The number of aromatic nitrogens is 2. The quantitative estimate of drug-likeness (QED) is 0.357. The van der Waals surface area contributed by atoms with Gasteiger partial charge >= 0.3 is 12.1 Å². The number of benzene rings is 2. The van der Waals surface area contributed by atoms with Gasteiger partial charge in [-0.3, -0.25) is 4.79 Å². The zero-order chi connectivity index (χ0) is 27.3. The minimum atomic E-state index is -2.77. The molecule has 11 heteroatoms. The molecular weight excluding hydrogens is 503 g/mol. The number of amides is 1. The van der Waals surface area contributed by atoms with Gasteiger partial charge in [0.05, 0.1) is 25.3 Å². The Bertz CT molecular complexity index is 1260. The molecule has 1 aromatic heterocycles. The molecule has 1 aliphatic rings. The number of rotatable bonds is 9. The van der Waals surface area contributed by atoms with Gasteiger partial charge < -0.3 is 24.5 Å². The van der Waals surface area contributed by atoms with Crippen LogP contribution >= 0.6 is 0 Å². The second kappa shape index (κ2) is 11.8. The summed E-state index contributed by atoms with van der Waals surface area (Å²) in [6.45, 7) is -0.0746. The van der Waals surface area contributed by atoms with E-state index in [9.17, 15) is 18.4 Å². The standard InChI is InChI=1S/C27H30F3N3O5/c1-36-15-19(25(34)37-2)18-8-9-20-23(21(18)28)32-24(31-20)22(17-10-12-27(29,30)13-11-17)33-26(35)38-14-16-6-4-3-5-7-16/h3-9,17,19,22H,10-15H2,1-2H3,(H,31,32)(H,33,35). The molecule has 1 aliphatic carbocycles. The summed E-state index contributed by atoms with van der Waals surface area (Å²) in [5, 5.41) is 2.75. The number of ether oxygens (including phenoxy) is 3. The number of alkyl carbamates (subject to hydrolysis) is 1. The predicted octanol–water partition coefficient (Wildman–Crippen LogP) is 5.40. The van der Waals surface area contributed by atoms with Crippen LogP contribution in [0.3, 0.4) is 0 Å². The number of nitrogens with zero attached hydrogens (tertiary/aromatic N) is 1. The maximum Gasteiger partial charge on any atom is 0.408 e. The van der Waals surface area contributed by atoms with E-state index >= 15 is 4.39 Å². The van der Waals surface area contributed by atoms with Gasteiger partial charge in [0.1, 0.15) is 23.9 Å². The molecule has 1 amide bonds. The highest BCUT2D eigenvalue weighted by Gasteiger charge is 2.40. The van der Waals surface area contributed by atoms with Gasteiger partial charge in [-0.2, -0.15) is 0 Å². The van der Waals surface area contributed by atoms with Gasteiger partial charge in [0.25, 0.3) is 0 Å². The van der Waals surface area contributed by atoms with E-state index in [1.54, 1.807) is 18.2 Å². The van der Waals surface area contributed by atoms with E-state index in [-0.39, 0.29) is 61.7 Å². The summed E-state index contributed by atoms with van der Waals surface area (Å²) < 4.78 is 58.5. The number of imidazole rings is 1. The van der Waals surface area contributed by atoms with Crippen molar-refractivity contribution in [1.82, 2.24) is 15.3 Å². The van der Waals surface area contributed by atoms with E-state index in [2.05, 4.69) is 15.3 Å². The summed E-state index contributed by atoms with van der Waals surface area (Å²) in [5.74, 6) is -5.34. The molecular formula is C27H30F3N3O5. The van der Waals surface area contributed by atoms with E-state index in [0.29, 0.717) is 5.52 Å². The first kappa shape index (κ1) is 27.4. The lowest BCUT2D eigenvalue weighted by atomic mass is 9.82. The molecule has 3 aromatic rings. The molecule has 0 saturated heterocycles. The summed E-state index contributed by atoms with van der Waals surface area (Å²) in [6.07, 6.45) is -1.13. The number of halogens is 3. The zero-order valence-corrected chi connectivity index (χ0v) is 21.1. The van der Waals surface area contributed by atoms with Crippen molar-refractivity contribution in [1.29, 1.82) is 0 Å². The van der Waals surface area contributed by atoms with Crippen molar-refractivity contribution in [3.63, 3.8) is 0 Å². The third kappa shape index (κ3) is 6.27. The van der Waals surface area contributed by atoms with E-state index in [1.165, 1.54) is 20.3 Å². The molecule has 0 aliphatic heterocycles. The number of hydrogen-bond donors (Lipinski definition) is 2. The molecule has 0 spiro atoms. The van der Waals surface area contributed by atoms with Crippen LogP contribution in [0.25, 0.3) is 11.0 Å². The molecule has 1 fully saturated rings. The van der Waals surface area contributed by atoms with Crippen LogP contribution in [0.5, 0.6) is 0 Å². The molecule has 0 radical (unpaired) electrons. The third-order valence-corrected chi connectivity index (χ3v) is 6.85. The van der Waals surface area contributed by atoms with E-state index in [4.69, 9.17) is 14.2 Å². The highest BCUT2D eigenvalue weighted by atomic mass is 19.3. The summed E-state index contributed by atoms with van der Waals surface area (Å²) in [6, 6.07) is 11.3. The number of methoxy groups -OCH3 is 2. The first-order valence-corrected chi connectivity index (χ1v) is 12.3. The number of fused-ring (bicyclic) bond motifs is 1. The van der Waals surface area contributed by atoms with Crippen LogP contribution in [0.4, 0.5) is 18.0 Å². The average Bonchev–Trinajstić information content (AvgIpc) is 3.35. The Hall–Kier alpha value is -3.60. The molecule has 204 valence electrons. The Kier molecular flexibility index (Phi) is 8.55. The smallest absolute Gasteiger partial charge is 0.408 e. The van der Waals surface area contributed by atoms with Crippen LogP contribution < -0.4 is 5.32 Å². The molecule has 2 unspecified atom stereocenters. The van der Waals surface area contributed by atoms with Crippen molar-refractivity contribution in [2.75, 3.05) is 20.8 Å². The zero-order valence-electron chi connectivity index (χ0n) is 21.1. The molecule has 8 nitrogen and oxygen atoms in total. The molecule has 1 saturated carbocycles. The molecule has 1 heterocycles. The van der Waals surface area contributed by atoms with Gasteiger partial charge in [0.15, 0.2) is 5.82 Å². The minimum Gasteiger partial charge on any atom is -0.468 e. The first-order valence-electron chi connectivity index (χ1n) is 12.3. The molecule has 4 rings (SSSR count). The largest absolute Gasteiger partial charge is 0.468 e. The van der Waals surface area contributed by atoms with E-state index < -0.39 is 35.8 Å². The second-order valence-electron chi connectivity index (χ2n) is 9.40. The van der Waals surface area contributed by atoms with Crippen molar-refractivity contribution in [2.45, 2.75) is 50.2 Å². The summed E-state index contributed by atoms with van der Waals surface area (Å²) in [4.78, 5) is 32.4. The minimum absolute atomic E-state index is 0.0225. The number of esters is 1.